The van der Waals surface area contributed by atoms with E-state index in [2.05, 4.69) is 36.2 Å². The topological polar surface area (TPSA) is 49.3 Å². The number of allylic oxidation sites excluding steroid dienone is 1. The Morgan fingerprint density at radius 1 is 1.30 bits per heavy atom. The summed E-state index contributed by atoms with van der Waals surface area (Å²) in [6.07, 6.45) is 6.79. The maximum absolute atomic E-state index is 11.3. The molecular formula is C17H23NO2. The molecule has 1 aliphatic rings. The standard InChI is InChI=1S/C17H23NO2/c1-2-5-13-8-10-15(11-9-13)18-12-14-6-3-4-7-16(14)17(19)20/h2,8-11,14,16,18H,1,3-7,12H2,(H,19,20)/t14-,16+/m1/s1. The lowest BCUT2D eigenvalue weighted by molar-refractivity contribution is -0.144. The molecule has 3 nitrogen and oxygen atoms in total. The van der Waals surface area contributed by atoms with Crippen LogP contribution >= 0.6 is 0 Å². The van der Waals surface area contributed by atoms with Crippen LogP contribution in [-0.4, -0.2) is 17.6 Å². The highest BCUT2D eigenvalue weighted by molar-refractivity contribution is 5.70. The summed E-state index contributed by atoms with van der Waals surface area (Å²) < 4.78 is 0. The first-order chi connectivity index (χ1) is 9.70. The van der Waals surface area contributed by atoms with Crippen molar-refractivity contribution < 1.29 is 9.90 Å². The second-order valence-electron chi connectivity index (χ2n) is 5.56. The van der Waals surface area contributed by atoms with E-state index in [0.717, 1.165) is 44.3 Å². The molecule has 20 heavy (non-hydrogen) atoms. The first kappa shape index (κ1) is 14.6. The zero-order valence-corrected chi connectivity index (χ0v) is 11.8. The monoisotopic (exact) mass is 273 g/mol. The molecule has 1 fully saturated rings. The predicted octanol–water partition coefficient (Wildman–Crippen LogP) is 3.72. The van der Waals surface area contributed by atoms with Crippen LogP contribution in [-0.2, 0) is 11.2 Å². The number of hydrogen-bond donors (Lipinski definition) is 2. The summed E-state index contributed by atoms with van der Waals surface area (Å²) in [5.41, 5.74) is 2.30. The van der Waals surface area contributed by atoms with Crippen molar-refractivity contribution in [1.29, 1.82) is 0 Å². The Hall–Kier alpha value is -1.77. The molecule has 108 valence electrons. The van der Waals surface area contributed by atoms with Crippen molar-refractivity contribution in [3.8, 4) is 0 Å². The first-order valence-corrected chi connectivity index (χ1v) is 7.37. The van der Waals surface area contributed by atoms with Gasteiger partial charge in [0.15, 0.2) is 0 Å². The number of aliphatic carboxylic acids is 1. The van der Waals surface area contributed by atoms with Crippen molar-refractivity contribution in [3.05, 3.63) is 42.5 Å². The van der Waals surface area contributed by atoms with Crippen molar-refractivity contribution in [2.75, 3.05) is 11.9 Å². The van der Waals surface area contributed by atoms with E-state index in [1.165, 1.54) is 5.56 Å². The fourth-order valence-electron chi connectivity index (χ4n) is 2.95. The average Bonchev–Trinajstić information content (AvgIpc) is 2.47. The fraction of sp³-hybridized carbons (Fsp3) is 0.471. The van der Waals surface area contributed by atoms with E-state index in [9.17, 15) is 9.90 Å². The fourth-order valence-corrected chi connectivity index (χ4v) is 2.95. The number of carboxylic acid groups (broad SMARTS) is 1. The number of nitrogens with one attached hydrogen (secondary N) is 1. The van der Waals surface area contributed by atoms with E-state index < -0.39 is 5.97 Å². The van der Waals surface area contributed by atoms with Crippen molar-refractivity contribution in [1.82, 2.24) is 0 Å². The summed E-state index contributed by atoms with van der Waals surface area (Å²) in [5.74, 6) is -0.580. The minimum atomic E-state index is -0.641. The SMILES string of the molecule is C=CCc1ccc(NC[C@H]2CCCC[C@@H]2C(=O)O)cc1. The van der Waals surface area contributed by atoms with E-state index in [1.807, 2.05) is 6.08 Å². The van der Waals surface area contributed by atoms with E-state index in [1.54, 1.807) is 0 Å². The maximum atomic E-state index is 11.3. The third-order valence-electron chi connectivity index (χ3n) is 4.13. The summed E-state index contributed by atoms with van der Waals surface area (Å²) >= 11 is 0. The van der Waals surface area contributed by atoms with Crippen LogP contribution in [0.15, 0.2) is 36.9 Å². The van der Waals surface area contributed by atoms with Gasteiger partial charge in [-0.05, 0) is 42.9 Å². The Morgan fingerprint density at radius 2 is 2.00 bits per heavy atom. The normalized spacial score (nSPS) is 22.2. The van der Waals surface area contributed by atoms with Crippen LogP contribution < -0.4 is 5.32 Å². The Morgan fingerprint density at radius 3 is 2.65 bits per heavy atom. The number of carbonyl (C=O) groups is 1. The van der Waals surface area contributed by atoms with E-state index >= 15 is 0 Å². The van der Waals surface area contributed by atoms with Gasteiger partial charge in [0.2, 0.25) is 0 Å². The highest BCUT2D eigenvalue weighted by atomic mass is 16.4. The molecule has 1 aromatic carbocycles. The molecule has 2 N–H and O–H groups in total. The molecule has 0 aromatic heterocycles. The van der Waals surface area contributed by atoms with Gasteiger partial charge in [-0.15, -0.1) is 6.58 Å². The van der Waals surface area contributed by atoms with Gasteiger partial charge in [-0.3, -0.25) is 4.79 Å². The number of carboxylic acids is 1. The van der Waals surface area contributed by atoms with Crippen molar-refractivity contribution in [3.63, 3.8) is 0 Å². The zero-order chi connectivity index (χ0) is 14.4. The molecule has 0 radical (unpaired) electrons. The molecule has 0 spiro atoms. The van der Waals surface area contributed by atoms with Gasteiger partial charge in [-0.25, -0.2) is 0 Å². The van der Waals surface area contributed by atoms with Gasteiger partial charge >= 0.3 is 5.97 Å². The number of anilines is 1. The smallest absolute Gasteiger partial charge is 0.306 e. The molecule has 0 unspecified atom stereocenters. The van der Waals surface area contributed by atoms with Crippen molar-refractivity contribution >= 4 is 11.7 Å². The first-order valence-electron chi connectivity index (χ1n) is 7.37. The van der Waals surface area contributed by atoms with E-state index in [0.29, 0.717) is 0 Å². The summed E-state index contributed by atoms with van der Waals surface area (Å²) in [4.78, 5) is 11.3. The van der Waals surface area contributed by atoms with Crippen LogP contribution in [0, 0.1) is 11.8 Å². The van der Waals surface area contributed by atoms with Gasteiger partial charge in [0.25, 0.3) is 0 Å². The molecule has 0 heterocycles. The predicted molar refractivity (Wildman–Crippen MR) is 81.9 cm³/mol. The largest absolute Gasteiger partial charge is 0.481 e. The molecule has 0 saturated heterocycles. The lowest BCUT2D eigenvalue weighted by Gasteiger charge is -2.28. The Bertz CT molecular complexity index is 453. The van der Waals surface area contributed by atoms with Crippen LogP contribution in [0.25, 0.3) is 0 Å². The number of rotatable bonds is 6. The molecular weight excluding hydrogens is 250 g/mol. The Balaban J connectivity index is 1.89. The van der Waals surface area contributed by atoms with Crippen molar-refractivity contribution in [2.24, 2.45) is 11.8 Å². The second kappa shape index (κ2) is 7.13. The molecule has 0 aliphatic heterocycles. The third-order valence-corrected chi connectivity index (χ3v) is 4.13. The quantitative estimate of drug-likeness (QED) is 0.777. The molecule has 1 aliphatic carbocycles. The maximum Gasteiger partial charge on any atom is 0.306 e. The number of hydrogen-bond acceptors (Lipinski definition) is 2. The van der Waals surface area contributed by atoms with E-state index in [-0.39, 0.29) is 11.8 Å². The lowest BCUT2D eigenvalue weighted by Crippen LogP contribution is -2.31. The minimum absolute atomic E-state index is 0.184. The molecule has 1 saturated carbocycles. The second-order valence-corrected chi connectivity index (χ2v) is 5.56. The average molecular weight is 273 g/mol. The lowest BCUT2D eigenvalue weighted by atomic mass is 9.79. The summed E-state index contributed by atoms with van der Waals surface area (Å²) in [6, 6.07) is 8.27. The van der Waals surface area contributed by atoms with Crippen LogP contribution in [0.4, 0.5) is 5.69 Å². The summed E-state index contributed by atoms with van der Waals surface area (Å²) in [6.45, 7) is 4.48. The van der Waals surface area contributed by atoms with Gasteiger partial charge in [0.1, 0.15) is 0 Å². The minimum Gasteiger partial charge on any atom is -0.481 e. The molecule has 2 rings (SSSR count). The van der Waals surface area contributed by atoms with Crippen LogP contribution in [0.2, 0.25) is 0 Å². The van der Waals surface area contributed by atoms with Crippen molar-refractivity contribution in [2.45, 2.75) is 32.1 Å². The highest BCUT2D eigenvalue weighted by Gasteiger charge is 2.30. The molecule has 2 atom stereocenters. The van der Waals surface area contributed by atoms with Gasteiger partial charge < -0.3 is 10.4 Å². The van der Waals surface area contributed by atoms with Crippen LogP contribution in [0.1, 0.15) is 31.2 Å². The van der Waals surface area contributed by atoms with E-state index in [4.69, 9.17) is 0 Å². The van der Waals surface area contributed by atoms with Crippen LogP contribution in [0.3, 0.4) is 0 Å². The third kappa shape index (κ3) is 3.86. The van der Waals surface area contributed by atoms with Gasteiger partial charge in [0, 0.05) is 12.2 Å². The highest BCUT2D eigenvalue weighted by Crippen LogP contribution is 2.30. The van der Waals surface area contributed by atoms with Gasteiger partial charge in [-0.1, -0.05) is 31.1 Å². The summed E-state index contributed by atoms with van der Waals surface area (Å²) in [5, 5.41) is 12.6. The summed E-state index contributed by atoms with van der Waals surface area (Å²) in [7, 11) is 0. The number of benzene rings is 1. The molecule has 1 aromatic rings. The Kier molecular flexibility index (Phi) is 5.22. The Labute approximate surface area is 120 Å². The van der Waals surface area contributed by atoms with Gasteiger partial charge in [0.05, 0.1) is 5.92 Å². The molecule has 0 amide bonds. The van der Waals surface area contributed by atoms with Crippen LogP contribution in [0.5, 0.6) is 0 Å². The molecule has 0 bridgehead atoms. The molecule has 3 heteroatoms. The van der Waals surface area contributed by atoms with Gasteiger partial charge in [-0.2, -0.15) is 0 Å². The zero-order valence-electron chi connectivity index (χ0n) is 11.8.